The van der Waals surface area contributed by atoms with Crippen LogP contribution < -0.4 is 5.30 Å². The topological polar surface area (TPSA) is 36.7 Å². The Bertz CT molecular complexity index is 1050. The zero-order valence-electron chi connectivity index (χ0n) is 16.5. The molecule has 0 amide bonds. The standard InChI is InChI=1S/C20H24N5PS2/c1-5-24(6-2)26(27)18-15(3)22-25(16-11-8-7-9-12-16)20(18)21-19(23(26)4)17-13-10-14-28-17/h7-14H,5-6H2,1-4H3. The van der Waals surface area contributed by atoms with Crippen LogP contribution >= 0.6 is 17.7 Å². The van der Waals surface area contributed by atoms with Crippen molar-refractivity contribution in [1.82, 2.24) is 19.1 Å². The molecule has 0 aliphatic carbocycles. The molecule has 0 N–H and O–H groups in total. The number of benzene rings is 1. The van der Waals surface area contributed by atoms with Crippen LogP contribution in [-0.4, -0.2) is 45.1 Å². The van der Waals surface area contributed by atoms with E-state index in [0.717, 1.165) is 46.3 Å². The molecule has 0 saturated heterocycles. The molecule has 0 radical (unpaired) electrons. The second kappa shape index (κ2) is 7.56. The molecule has 1 aromatic carbocycles. The molecule has 1 atom stereocenters. The summed E-state index contributed by atoms with van der Waals surface area (Å²) in [6.45, 7) is 8.20. The third-order valence-corrected chi connectivity index (χ3v) is 11.4. The number of amidine groups is 1. The second-order valence-corrected chi connectivity index (χ2v) is 11.8. The molecular formula is C20H24N5PS2. The van der Waals surface area contributed by atoms with Crippen LogP contribution in [0.5, 0.6) is 0 Å². The molecule has 2 aromatic heterocycles. The van der Waals surface area contributed by atoms with Gasteiger partial charge in [-0.2, -0.15) is 5.10 Å². The lowest BCUT2D eigenvalue weighted by Crippen LogP contribution is -2.41. The summed E-state index contributed by atoms with van der Waals surface area (Å²) in [4.78, 5) is 6.23. The van der Waals surface area contributed by atoms with Gasteiger partial charge in [0.1, 0.15) is 6.34 Å². The minimum absolute atomic E-state index is 0.875. The van der Waals surface area contributed by atoms with Gasteiger partial charge in [0.15, 0.2) is 11.7 Å². The number of hydrogen-bond donors (Lipinski definition) is 0. The number of aryl methyl sites for hydroxylation is 1. The van der Waals surface area contributed by atoms with E-state index in [-0.39, 0.29) is 0 Å². The highest BCUT2D eigenvalue weighted by atomic mass is 32.4. The second-order valence-electron chi connectivity index (χ2n) is 6.62. The Labute approximate surface area is 175 Å². The van der Waals surface area contributed by atoms with Gasteiger partial charge in [-0.1, -0.05) is 49.9 Å². The molecule has 28 heavy (non-hydrogen) atoms. The van der Waals surface area contributed by atoms with Crippen molar-refractivity contribution in [2.45, 2.75) is 20.8 Å². The summed E-state index contributed by atoms with van der Waals surface area (Å²) in [6.07, 6.45) is -2.25. The lowest BCUT2D eigenvalue weighted by molar-refractivity contribution is 0.487. The molecule has 0 fully saturated rings. The summed E-state index contributed by atoms with van der Waals surface area (Å²) in [5, 5.41) is 8.07. The van der Waals surface area contributed by atoms with E-state index < -0.39 is 6.34 Å². The Morgan fingerprint density at radius 3 is 2.43 bits per heavy atom. The average Bonchev–Trinajstić information content (AvgIpc) is 3.34. The predicted molar refractivity (Wildman–Crippen MR) is 123 cm³/mol. The van der Waals surface area contributed by atoms with Crippen LogP contribution in [0, 0.1) is 6.92 Å². The third-order valence-electron chi connectivity index (χ3n) is 5.08. The van der Waals surface area contributed by atoms with E-state index in [1.165, 1.54) is 0 Å². The third kappa shape index (κ3) is 2.89. The Morgan fingerprint density at radius 2 is 1.82 bits per heavy atom. The molecular weight excluding hydrogens is 405 g/mol. The SMILES string of the molecule is CCN(CC)P1(=S)c2c(C)nn(-c3ccccc3)c2N=C(c2cccs2)N1C. The van der Waals surface area contributed by atoms with Gasteiger partial charge in [0.25, 0.3) is 0 Å². The van der Waals surface area contributed by atoms with E-state index in [2.05, 4.69) is 66.8 Å². The Hall–Kier alpha value is -1.79. The van der Waals surface area contributed by atoms with Gasteiger partial charge in [0, 0.05) is 20.1 Å². The van der Waals surface area contributed by atoms with Crippen LogP contribution in [0.4, 0.5) is 5.82 Å². The van der Waals surface area contributed by atoms with Crippen LogP contribution in [-0.2, 0) is 11.8 Å². The maximum Gasteiger partial charge on any atom is 0.169 e. The molecule has 4 rings (SSSR count). The fourth-order valence-corrected chi connectivity index (χ4v) is 9.10. The van der Waals surface area contributed by atoms with E-state index >= 15 is 0 Å². The Kier molecular flexibility index (Phi) is 5.27. The zero-order chi connectivity index (χ0) is 19.9. The number of aromatic nitrogens is 2. The number of hydrogen-bond acceptors (Lipinski definition) is 4. The van der Waals surface area contributed by atoms with Gasteiger partial charge >= 0.3 is 0 Å². The minimum atomic E-state index is -2.25. The average molecular weight is 430 g/mol. The molecule has 1 unspecified atom stereocenters. The number of fused-ring (bicyclic) bond motifs is 1. The summed E-state index contributed by atoms with van der Waals surface area (Å²) in [6, 6.07) is 14.4. The van der Waals surface area contributed by atoms with Gasteiger partial charge in [0.05, 0.1) is 21.6 Å². The van der Waals surface area contributed by atoms with Crippen molar-refractivity contribution < 1.29 is 0 Å². The van der Waals surface area contributed by atoms with Gasteiger partial charge < -0.3 is 4.67 Å². The van der Waals surface area contributed by atoms with E-state index in [9.17, 15) is 0 Å². The number of aliphatic imine (C=N–C) groups is 1. The fraction of sp³-hybridized carbons (Fsp3) is 0.300. The first-order chi connectivity index (χ1) is 13.5. The molecule has 146 valence electrons. The maximum atomic E-state index is 6.49. The maximum absolute atomic E-state index is 6.49. The van der Waals surface area contributed by atoms with Gasteiger partial charge in [0.2, 0.25) is 0 Å². The van der Waals surface area contributed by atoms with Crippen molar-refractivity contribution in [1.29, 1.82) is 0 Å². The van der Waals surface area contributed by atoms with Crippen LogP contribution in [0.2, 0.25) is 0 Å². The van der Waals surface area contributed by atoms with Crippen molar-refractivity contribution >= 4 is 46.4 Å². The highest BCUT2D eigenvalue weighted by Gasteiger charge is 2.42. The zero-order valence-corrected chi connectivity index (χ0v) is 19.1. The molecule has 0 bridgehead atoms. The summed E-state index contributed by atoms with van der Waals surface area (Å²) < 4.78 is 6.61. The summed E-state index contributed by atoms with van der Waals surface area (Å²) >= 11 is 8.18. The Balaban J connectivity index is 2.04. The molecule has 3 aromatic rings. The quantitative estimate of drug-likeness (QED) is 0.558. The van der Waals surface area contributed by atoms with Crippen LogP contribution in [0.3, 0.4) is 0 Å². The van der Waals surface area contributed by atoms with Gasteiger partial charge in [-0.15, -0.1) is 11.3 Å². The highest BCUT2D eigenvalue weighted by Crippen LogP contribution is 2.57. The fourth-order valence-electron chi connectivity index (χ4n) is 3.71. The van der Waals surface area contributed by atoms with Crippen LogP contribution in [0.25, 0.3) is 5.69 Å². The molecule has 3 heterocycles. The largest absolute Gasteiger partial charge is 0.315 e. The molecule has 5 nitrogen and oxygen atoms in total. The lowest BCUT2D eigenvalue weighted by Gasteiger charge is -2.43. The van der Waals surface area contributed by atoms with Crippen molar-refractivity contribution in [3.05, 3.63) is 58.4 Å². The van der Waals surface area contributed by atoms with E-state index in [0.29, 0.717) is 0 Å². The van der Waals surface area contributed by atoms with E-state index in [1.807, 2.05) is 22.9 Å². The van der Waals surface area contributed by atoms with Gasteiger partial charge in [-0.25, -0.2) is 9.67 Å². The van der Waals surface area contributed by atoms with E-state index in [4.69, 9.17) is 21.9 Å². The lowest BCUT2D eigenvalue weighted by atomic mass is 10.3. The Morgan fingerprint density at radius 1 is 1.11 bits per heavy atom. The number of rotatable bonds is 5. The number of para-hydroxylation sites is 1. The number of nitrogens with zero attached hydrogens (tertiary/aromatic N) is 5. The van der Waals surface area contributed by atoms with Crippen molar-refractivity contribution in [2.75, 3.05) is 20.1 Å². The van der Waals surface area contributed by atoms with E-state index in [1.54, 1.807) is 11.3 Å². The minimum Gasteiger partial charge on any atom is -0.315 e. The first kappa shape index (κ1) is 19.5. The normalized spacial score (nSPS) is 19.0. The van der Waals surface area contributed by atoms with Gasteiger partial charge in [-0.05, 0) is 30.5 Å². The molecule has 1 aliphatic heterocycles. The molecule has 0 spiro atoms. The van der Waals surface area contributed by atoms with Gasteiger partial charge in [-0.3, -0.25) is 4.67 Å². The molecule has 8 heteroatoms. The highest BCUT2D eigenvalue weighted by molar-refractivity contribution is 8.16. The van der Waals surface area contributed by atoms with Crippen LogP contribution in [0.15, 0.2) is 52.8 Å². The first-order valence-corrected chi connectivity index (χ1v) is 13.0. The summed E-state index contributed by atoms with van der Waals surface area (Å²) in [7, 11) is 2.10. The monoisotopic (exact) mass is 429 g/mol. The number of thiophene rings is 1. The summed E-state index contributed by atoms with van der Waals surface area (Å²) in [5.41, 5.74) is 1.97. The molecule has 1 aliphatic rings. The van der Waals surface area contributed by atoms with Crippen molar-refractivity contribution in [3.63, 3.8) is 0 Å². The molecule has 0 saturated carbocycles. The smallest absolute Gasteiger partial charge is 0.169 e. The van der Waals surface area contributed by atoms with Crippen LogP contribution in [0.1, 0.15) is 24.4 Å². The van der Waals surface area contributed by atoms with Crippen molar-refractivity contribution in [3.8, 4) is 5.69 Å². The van der Waals surface area contributed by atoms with Crippen molar-refractivity contribution in [2.24, 2.45) is 4.99 Å². The summed E-state index contributed by atoms with van der Waals surface area (Å²) in [5.74, 6) is 1.82. The predicted octanol–water partition coefficient (Wildman–Crippen LogP) is 4.54. The first-order valence-electron chi connectivity index (χ1n) is 9.40.